The molecule has 0 radical (unpaired) electrons. The summed E-state index contributed by atoms with van der Waals surface area (Å²) in [5.74, 6) is -0.194. The van der Waals surface area contributed by atoms with Gasteiger partial charge in [0.15, 0.2) is 0 Å². The quantitative estimate of drug-likeness (QED) is 0.770. The average molecular weight is 333 g/mol. The Morgan fingerprint density at radius 3 is 2.70 bits per heavy atom. The molecule has 1 aromatic heterocycles. The molecule has 0 aliphatic carbocycles. The number of benzene rings is 2. The molecule has 2 N–H and O–H groups in total. The van der Waals surface area contributed by atoms with Crippen LogP contribution in [-0.4, -0.2) is 4.57 Å². The van der Waals surface area contributed by atoms with Crippen LogP contribution in [0.15, 0.2) is 53.1 Å². The van der Waals surface area contributed by atoms with Crippen LogP contribution < -0.4 is 5.73 Å². The maximum atomic E-state index is 13.9. The van der Waals surface area contributed by atoms with Crippen molar-refractivity contribution in [1.82, 2.24) is 4.57 Å². The zero-order valence-electron chi connectivity index (χ0n) is 10.8. The van der Waals surface area contributed by atoms with Gasteiger partial charge in [-0.1, -0.05) is 34.1 Å². The normalized spacial score (nSPS) is 11.2. The Morgan fingerprint density at radius 2 is 1.90 bits per heavy atom. The molecule has 0 aliphatic heterocycles. The third-order valence-electron chi connectivity index (χ3n) is 3.44. The first kappa shape index (κ1) is 13.3. The van der Waals surface area contributed by atoms with Crippen LogP contribution in [0, 0.1) is 5.82 Å². The summed E-state index contributed by atoms with van der Waals surface area (Å²) in [5.41, 5.74) is 8.59. The van der Waals surface area contributed by atoms with Gasteiger partial charge in [0.1, 0.15) is 5.82 Å². The summed E-state index contributed by atoms with van der Waals surface area (Å²) in [5, 5.41) is 1.13. The molecule has 102 valence electrons. The molecule has 2 nitrogen and oxygen atoms in total. The van der Waals surface area contributed by atoms with Crippen molar-refractivity contribution in [3.8, 4) is 0 Å². The number of hydrogen-bond acceptors (Lipinski definition) is 1. The monoisotopic (exact) mass is 332 g/mol. The summed E-state index contributed by atoms with van der Waals surface area (Å²) in [7, 11) is 0. The van der Waals surface area contributed by atoms with Gasteiger partial charge in [0.25, 0.3) is 0 Å². The van der Waals surface area contributed by atoms with E-state index in [0.29, 0.717) is 18.7 Å². The summed E-state index contributed by atoms with van der Waals surface area (Å²) in [6.45, 7) is 0.972. The van der Waals surface area contributed by atoms with Crippen molar-refractivity contribution >= 4 is 26.8 Å². The molecule has 0 amide bonds. The lowest BCUT2D eigenvalue weighted by molar-refractivity contribution is 0.601. The molecule has 2 aromatic carbocycles. The van der Waals surface area contributed by atoms with Gasteiger partial charge in [-0.15, -0.1) is 0 Å². The first-order chi connectivity index (χ1) is 9.69. The minimum atomic E-state index is -0.194. The molecule has 3 rings (SSSR count). The Kier molecular flexibility index (Phi) is 3.59. The minimum absolute atomic E-state index is 0.194. The second-order valence-corrected chi connectivity index (χ2v) is 5.65. The molecule has 0 aliphatic rings. The highest BCUT2D eigenvalue weighted by molar-refractivity contribution is 9.10. The smallest absolute Gasteiger partial charge is 0.128 e. The number of halogens is 2. The summed E-state index contributed by atoms with van der Waals surface area (Å²) < 4.78 is 16.8. The van der Waals surface area contributed by atoms with E-state index >= 15 is 0 Å². The second kappa shape index (κ2) is 5.38. The SMILES string of the molecule is NCc1cn(Cc2cc(Br)ccc2F)c2ccccc12. The molecule has 0 atom stereocenters. The lowest BCUT2D eigenvalue weighted by Gasteiger charge is -2.07. The third kappa shape index (κ3) is 2.37. The van der Waals surface area contributed by atoms with Crippen LogP contribution in [0.1, 0.15) is 11.1 Å². The fraction of sp³-hybridized carbons (Fsp3) is 0.125. The van der Waals surface area contributed by atoms with E-state index < -0.39 is 0 Å². The highest BCUT2D eigenvalue weighted by atomic mass is 79.9. The number of para-hydroxylation sites is 1. The number of hydrogen-bond donors (Lipinski definition) is 1. The van der Waals surface area contributed by atoms with E-state index in [0.717, 1.165) is 20.9 Å². The largest absolute Gasteiger partial charge is 0.343 e. The Labute approximate surface area is 125 Å². The van der Waals surface area contributed by atoms with Crippen LogP contribution in [0.25, 0.3) is 10.9 Å². The lowest BCUT2D eigenvalue weighted by atomic mass is 10.2. The average Bonchev–Trinajstić information content (AvgIpc) is 2.81. The van der Waals surface area contributed by atoms with E-state index in [1.807, 2.05) is 41.1 Å². The Bertz CT molecular complexity index is 764. The molecule has 4 heteroatoms. The van der Waals surface area contributed by atoms with Gasteiger partial charge in [-0.3, -0.25) is 0 Å². The third-order valence-corrected chi connectivity index (χ3v) is 3.93. The molecule has 20 heavy (non-hydrogen) atoms. The Hall–Kier alpha value is -1.65. The van der Waals surface area contributed by atoms with Crippen LogP contribution in [0.2, 0.25) is 0 Å². The highest BCUT2D eigenvalue weighted by Gasteiger charge is 2.09. The molecule has 0 fully saturated rings. The van der Waals surface area contributed by atoms with Gasteiger partial charge >= 0.3 is 0 Å². The molecule has 1 heterocycles. The maximum absolute atomic E-state index is 13.9. The maximum Gasteiger partial charge on any atom is 0.128 e. The summed E-state index contributed by atoms with van der Waals surface area (Å²) in [6, 6.07) is 13.1. The zero-order valence-corrected chi connectivity index (χ0v) is 12.4. The topological polar surface area (TPSA) is 30.9 Å². The van der Waals surface area contributed by atoms with Crippen molar-refractivity contribution in [2.45, 2.75) is 13.1 Å². The molecular formula is C16H14BrFN2. The van der Waals surface area contributed by atoms with Crippen LogP contribution >= 0.6 is 15.9 Å². The van der Waals surface area contributed by atoms with Crippen molar-refractivity contribution in [2.75, 3.05) is 0 Å². The first-order valence-electron chi connectivity index (χ1n) is 6.40. The number of rotatable bonds is 3. The standard InChI is InChI=1S/C16H14BrFN2/c17-13-5-6-15(18)11(7-13)9-20-10-12(8-19)14-3-1-2-4-16(14)20/h1-7,10H,8-9,19H2. The van der Waals surface area contributed by atoms with Crippen molar-refractivity contribution in [1.29, 1.82) is 0 Å². The molecule has 0 unspecified atom stereocenters. The molecular weight excluding hydrogens is 319 g/mol. The molecule has 3 aromatic rings. The van der Waals surface area contributed by atoms with E-state index in [1.54, 1.807) is 6.07 Å². The number of nitrogens with zero attached hydrogens (tertiary/aromatic N) is 1. The van der Waals surface area contributed by atoms with E-state index in [4.69, 9.17) is 5.73 Å². The Morgan fingerprint density at radius 1 is 1.10 bits per heavy atom. The van der Waals surface area contributed by atoms with Crippen molar-refractivity contribution in [3.05, 3.63) is 70.1 Å². The van der Waals surface area contributed by atoms with Crippen LogP contribution in [0.5, 0.6) is 0 Å². The highest BCUT2D eigenvalue weighted by Crippen LogP contribution is 2.23. The van der Waals surface area contributed by atoms with E-state index in [2.05, 4.69) is 15.9 Å². The van der Waals surface area contributed by atoms with Crippen molar-refractivity contribution < 1.29 is 4.39 Å². The van der Waals surface area contributed by atoms with Gasteiger partial charge in [-0.25, -0.2) is 4.39 Å². The number of aromatic nitrogens is 1. The molecule has 0 saturated heterocycles. The predicted octanol–water partition coefficient (Wildman–Crippen LogP) is 4.05. The fourth-order valence-corrected chi connectivity index (χ4v) is 2.87. The van der Waals surface area contributed by atoms with Gasteiger partial charge < -0.3 is 10.3 Å². The van der Waals surface area contributed by atoms with E-state index in [-0.39, 0.29) is 5.82 Å². The van der Waals surface area contributed by atoms with Gasteiger partial charge in [-0.05, 0) is 29.8 Å². The number of nitrogens with two attached hydrogens (primary N) is 1. The minimum Gasteiger partial charge on any atom is -0.343 e. The van der Waals surface area contributed by atoms with Gasteiger partial charge in [0.2, 0.25) is 0 Å². The number of fused-ring (bicyclic) bond motifs is 1. The summed E-state index contributed by atoms with van der Waals surface area (Å²) in [4.78, 5) is 0. The predicted molar refractivity (Wildman–Crippen MR) is 83.0 cm³/mol. The van der Waals surface area contributed by atoms with Gasteiger partial charge in [0, 0.05) is 33.7 Å². The van der Waals surface area contributed by atoms with E-state index in [1.165, 1.54) is 6.07 Å². The zero-order chi connectivity index (χ0) is 14.1. The lowest BCUT2D eigenvalue weighted by Crippen LogP contribution is -2.01. The van der Waals surface area contributed by atoms with Crippen LogP contribution in [0.3, 0.4) is 0 Å². The fourth-order valence-electron chi connectivity index (χ4n) is 2.46. The summed E-state index contributed by atoms with van der Waals surface area (Å²) in [6.07, 6.45) is 2.00. The first-order valence-corrected chi connectivity index (χ1v) is 7.19. The van der Waals surface area contributed by atoms with E-state index in [9.17, 15) is 4.39 Å². The molecule has 0 saturated carbocycles. The summed E-state index contributed by atoms with van der Waals surface area (Å²) >= 11 is 3.38. The molecule has 0 spiro atoms. The molecule has 0 bridgehead atoms. The van der Waals surface area contributed by atoms with Gasteiger partial charge in [-0.2, -0.15) is 0 Å². The van der Waals surface area contributed by atoms with Gasteiger partial charge in [0.05, 0.1) is 6.54 Å². The van der Waals surface area contributed by atoms with Crippen molar-refractivity contribution in [2.24, 2.45) is 5.73 Å². The second-order valence-electron chi connectivity index (χ2n) is 4.74. The van der Waals surface area contributed by atoms with Crippen LogP contribution in [0.4, 0.5) is 4.39 Å². The Balaban J connectivity index is 2.09. The van der Waals surface area contributed by atoms with Crippen LogP contribution in [-0.2, 0) is 13.1 Å². The van der Waals surface area contributed by atoms with Crippen molar-refractivity contribution in [3.63, 3.8) is 0 Å².